The fourth-order valence-corrected chi connectivity index (χ4v) is 4.64. The second-order valence-corrected chi connectivity index (χ2v) is 8.52. The summed E-state index contributed by atoms with van der Waals surface area (Å²) in [5.74, 6) is -0.927. The zero-order valence-corrected chi connectivity index (χ0v) is 18.6. The number of thiazole rings is 1. The number of aromatic nitrogens is 1. The van der Waals surface area contributed by atoms with Crippen molar-refractivity contribution in [1.29, 1.82) is 0 Å². The molecule has 2 heterocycles. The molecule has 0 aliphatic carbocycles. The van der Waals surface area contributed by atoms with Gasteiger partial charge in [0.15, 0.2) is 4.80 Å². The number of halogens is 2. The Balaban J connectivity index is 1.92. The van der Waals surface area contributed by atoms with Crippen molar-refractivity contribution in [3.05, 3.63) is 114 Å². The number of allylic oxidation sites excluding steroid dienone is 1. The van der Waals surface area contributed by atoms with Crippen molar-refractivity contribution < 1.29 is 13.9 Å². The van der Waals surface area contributed by atoms with E-state index in [1.807, 2.05) is 0 Å². The Labute approximate surface area is 192 Å². The number of fused-ring (bicyclic) bond motifs is 1. The molecule has 0 N–H and O–H groups in total. The number of benzene rings is 2. The van der Waals surface area contributed by atoms with E-state index in [2.05, 4.69) is 11.6 Å². The van der Waals surface area contributed by atoms with Crippen molar-refractivity contribution in [2.45, 2.75) is 13.0 Å². The van der Waals surface area contributed by atoms with Crippen LogP contribution in [0, 0.1) is 5.82 Å². The molecule has 0 radical (unpaired) electrons. The average Bonchev–Trinajstić information content (AvgIpc) is 3.08. The molecule has 0 amide bonds. The van der Waals surface area contributed by atoms with E-state index in [1.54, 1.807) is 49.4 Å². The Morgan fingerprint density at radius 2 is 1.94 bits per heavy atom. The first-order chi connectivity index (χ1) is 15.4. The summed E-state index contributed by atoms with van der Waals surface area (Å²) in [7, 11) is 0. The minimum Gasteiger partial charge on any atom is -0.458 e. The predicted octanol–water partition coefficient (Wildman–Crippen LogP) is 3.76. The third-order valence-corrected chi connectivity index (χ3v) is 6.16. The van der Waals surface area contributed by atoms with Crippen molar-refractivity contribution in [3.63, 3.8) is 0 Å². The Morgan fingerprint density at radius 1 is 1.25 bits per heavy atom. The monoisotopic (exact) mass is 468 g/mol. The molecule has 0 bridgehead atoms. The third-order valence-electron chi connectivity index (χ3n) is 4.93. The van der Waals surface area contributed by atoms with Gasteiger partial charge in [0, 0.05) is 5.02 Å². The van der Waals surface area contributed by atoms with Crippen LogP contribution in [0.2, 0.25) is 5.02 Å². The standard InChI is InChI=1S/C24H18ClFN2O3S/c1-3-12-31-23(30)20-14(2)27-24-28(21(20)16-6-8-17(25)9-7-16)22(29)19(32-24)13-15-4-10-18(26)11-5-15/h3-11,13,21H,1,12H2,2H3. The molecule has 4 rings (SSSR count). The number of nitrogens with zero attached hydrogens (tertiary/aromatic N) is 2. The van der Waals surface area contributed by atoms with Gasteiger partial charge in [-0.05, 0) is 48.4 Å². The van der Waals surface area contributed by atoms with Crippen LogP contribution in [0.1, 0.15) is 24.1 Å². The van der Waals surface area contributed by atoms with E-state index in [0.717, 1.165) is 0 Å². The molecule has 1 unspecified atom stereocenters. The number of rotatable bonds is 5. The second-order valence-electron chi connectivity index (χ2n) is 7.07. The number of esters is 1. The largest absolute Gasteiger partial charge is 0.458 e. The summed E-state index contributed by atoms with van der Waals surface area (Å²) in [5.41, 5.74) is 1.81. The van der Waals surface area contributed by atoms with Gasteiger partial charge in [0.1, 0.15) is 12.4 Å². The normalized spacial score (nSPS) is 15.8. The fraction of sp³-hybridized carbons (Fsp3) is 0.125. The van der Waals surface area contributed by atoms with Crippen LogP contribution in [-0.4, -0.2) is 17.1 Å². The molecule has 2 aromatic carbocycles. The highest BCUT2D eigenvalue weighted by molar-refractivity contribution is 7.07. The molecule has 3 aromatic rings. The average molecular weight is 469 g/mol. The molecule has 0 fully saturated rings. The maximum Gasteiger partial charge on any atom is 0.338 e. The number of hydrogen-bond donors (Lipinski definition) is 0. The Morgan fingerprint density at radius 3 is 2.59 bits per heavy atom. The maximum atomic E-state index is 13.4. The van der Waals surface area contributed by atoms with Crippen LogP contribution in [0.3, 0.4) is 0 Å². The molecule has 1 aromatic heterocycles. The Hall–Kier alpha value is -3.29. The van der Waals surface area contributed by atoms with Gasteiger partial charge in [-0.25, -0.2) is 14.2 Å². The summed E-state index contributed by atoms with van der Waals surface area (Å²) < 4.78 is 20.4. The zero-order valence-electron chi connectivity index (χ0n) is 17.0. The van der Waals surface area contributed by atoms with E-state index in [0.29, 0.717) is 31.2 Å². The second kappa shape index (κ2) is 9.06. The lowest BCUT2D eigenvalue weighted by atomic mass is 9.96. The van der Waals surface area contributed by atoms with E-state index in [9.17, 15) is 14.0 Å². The summed E-state index contributed by atoms with van der Waals surface area (Å²) in [4.78, 5) is 31.3. The molecule has 1 aliphatic rings. The van der Waals surface area contributed by atoms with Crippen LogP contribution in [0.15, 0.2) is 82.2 Å². The van der Waals surface area contributed by atoms with E-state index in [-0.39, 0.29) is 23.6 Å². The van der Waals surface area contributed by atoms with Crippen LogP contribution in [-0.2, 0) is 9.53 Å². The van der Waals surface area contributed by atoms with Crippen molar-refractivity contribution in [1.82, 2.24) is 4.57 Å². The van der Waals surface area contributed by atoms with E-state index < -0.39 is 12.0 Å². The van der Waals surface area contributed by atoms with E-state index in [1.165, 1.54) is 34.1 Å². The van der Waals surface area contributed by atoms with E-state index in [4.69, 9.17) is 16.3 Å². The van der Waals surface area contributed by atoms with Gasteiger partial charge >= 0.3 is 5.97 Å². The molecule has 1 aliphatic heterocycles. The molecule has 0 spiro atoms. The SMILES string of the molecule is C=CCOC(=O)C1=C(C)N=c2sc(=Cc3ccc(F)cc3)c(=O)n2C1c1ccc(Cl)cc1. The van der Waals surface area contributed by atoms with Crippen molar-refractivity contribution in [3.8, 4) is 0 Å². The van der Waals surface area contributed by atoms with E-state index >= 15 is 0 Å². The molecule has 5 nitrogen and oxygen atoms in total. The first-order valence-corrected chi connectivity index (χ1v) is 10.9. The molecule has 162 valence electrons. The zero-order chi connectivity index (χ0) is 22.8. The summed E-state index contributed by atoms with van der Waals surface area (Å²) >= 11 is 7.26. The molecular weight excluding hydrogens is 451 g/mol. The summed E-state index contributed by atoms with van der Waals surface area (Å²) in [6.45, 7) is 5.32. The molecule has 1 atom stereocenters. The molecule has 8 heteroatoms. The van der Waals surface area contributed by atoms with Crippen LogP contribution >= 0.6 is 22.9 Å². The van der Waals surface area contributed by atoms with Gasteiger partial charge in [-0.3, -0.25) is 9.36 Å². The number of carbonyl (C=O) groups is 1. The summed E-state index contributed by atoms with van der Waals surface area (Å²) in [5, 5.41) is 0.536. The highest BCUT2D eigenvalue weighted by atomic mass is 35.5. The lowest BCUT2D eigenvalue weighted by molar-refractivity contribution is -0.138. The van der Waals surface area contributed by atoms with Gasteiger partial charge in [0.2, 0.25) is 0 Å². The van der Waals surface area contributed by atoms with Crippen LogP contribution in [0.5, 0.6) is 0 Å². The highest BCUT2D eigenvalue weighted by Gasteiger charge is 2.33. The topological polar surface area (TPSA) is 60.7 Å². The van der Waals surface area contributed by atoms with Gasteiger partial charge < -0.3 is 4.74 Å². The number of ether oxygens (including phenoxy) is 1. The van der Waals surface area contributed by atoms with Crippen LogP contribution in [0.4, 0.5) is 4.39 Å². The smallest absolute Gasteiger partial charge is 0.338 e. The predicted molar refractivity (Wildman–Crippen MR) is 123 cm³/mol. The maximum absolute atomic E-state index is 13.4. The van der Waals surface area contributed by atoms with Crippen molar-refractivity contribution in [2.24, 2.45) is 4.99 Å². The van der Waals surface area contributed by atoms with Crippen molar-refractivity contribution >= 4 is 35.0 Å². The Kier molecular flexibility index (Phi) is 6.21. The quantitative estimate of drug-likeness (QED) is 0.423. The summed E-state index contributed by atoms with van der Waals surface area (Å²) in [6.07, 6.45) is 3.15. The minimum absolute atomic E-state index is 0.0396. The highest BCUT2D eigenvalue weighted by Crippen LogP contribution is 2.31. The molecular formula is C24H18ClFN2O3S. The lowest BCUT2D eigenvalue weighted by Gasteiger charge is -2.24. The van der Waals surface area contributed by atoms with Gasteiger partial charge in [0.25, 0.3) is 5.56 Å². The van der Waals surface area contributed by atoms with Crippen LogP contribution in [0.25, 0.3) is 6.08 Å². The lowest BCUT2D eigenvalue weighted by Crippen LogP contribution is -2.39. The number of carbonyl (C=O) groups excluding carboxylic acids is 1. The minimum atomic E-state index is -0.726. The van der Waals surface area contributed by atoms with Gasteiger partial charge in [-0.2, -0.15) is 0 Å². The van der Waals surface area contributed by atoms with Gasteiger partial charge in [-0.1, -0.05) is 59.9 Å². The Bertz CT molecular complexity index is 1400. The molecule has 32 heavy (non-hydrogen) atoms. The third kappa shape index (κ3) is 4.22. The molecule has 0 saturated carbocycles. The summed E-state index contributed by atoms with van der Waals surface area (Å²) in [6, 6.07) is 12.1. The molecule has 0 saturated heterocycles. The van der Waals surface area contributed by atoms with Gasteiger partial charge in [0.05, 0.1) is 21.8 Å². The number of hydrogen-bond acceptors (Lipinski definition) is 5. The van der Waals surface area contributed by atoms with Crippen molar-refractivity contribution in [2.75, 3.05) is 6.61 Å². The first kappa shape index (κ1) is 21.9. The fourth-order valence-electron chi connectivity index (χ4n) is 3.47. The first-order valence-electron chi connectivity index (χ1n) is 9.70. The van der Waals surface area contributed by atoms with Crippen LogP contribution < -0.4 is 14.9 Å². The van der Waals surface area contributed by atoms with Gasteiger partial charge in [-0.15, -0.1) is 0 Å².